The van der Waals surface area contributed by atoms with Crippen LogP contribution < -0.4 is 10.6 Å². The van der Waals surface area contributed by atoms with Crippen LogP contribution in [0.4, 0.5) is 0 Å². The lowest BCUT2D eigenvalue weighted by Crippen LogP contribution is -2.47. The molecule has 0 aliphatic carbocycles. The molecule has 4 N–H and O–H groups in total. The molecular weight excluding hydrogens is 608 g/mol. The molecule has 0 aromatic rings. The Kier molecular flexibility index (Phi) is 31.0. The minimum atomic E-state index is -1.39. The average molecular weight is 673 g/mol. The zero-order chi connectivity index (χ0) is 35.5. The van der Waals surface area contributed by atoms with Gasteiger partial charge >= 0.3 is 11.9 Å². The monoisotopic (exact) mass is 672 g/mol. The second-order valence-electron chi connectivity index (χ2n) is 11.9. The van der Waals surface area contributed by atoms with Crippen molar-refractivity contribution in [2.75, 3.05) is 13.2 Å². The van der Waals surface area contributed by atoms with Crippen LogP contribution in [0.15, 0.2) is 60.8 Å². The van der Waals surface area contributed by atoms with Gasteiger partial charge in [-0.2, -0.15) is 0 Å². The number of carbonyl (C=O) groups excluding carboxylic acids is 3. The van der Waals surface area contributed by atoms with Crippen molar-refractivity contribution in [1.82, 2.24) is 10.6 Å². The van der Waals surface area contributed by atoms with Crippen LogP contribution in [0, 0.1) is 0 Å². The number of hydrogen-bond acceptors (Lipinski definition) is 6. The molecule has 2 amide bonds. The number of aliphatic carboxylic acids is 1. The van der Waals surface area contributed by atoms with Gasteiger partial charge in [0.25, 0.3) is 0 Å². The van der Waals surface area contributed by atoms with Crippen molar-refractivity contribution < 1.29 is 34.1 Å². The van der Waals surface area contributed by atoms with Gasteiger partial charge in [0, 0.05) is 12.8 Å². The van der Waals surface area contributed by atoms with Gasteiger partial charge in [0.05, 0.1) is 13.2 Å². The van der Waals surface area contributed by atoms with Crippen molar-refractivity contribution in [2.45, 2.75) is 148 Å². The van der Waals surface area contributed by atoms with Crippen LogP contribution in [-0.4, -0.2) is 59.3 Å². The highest BCUT2D eigenvalue weighted by molar-refractivity contribution is 5.87. The third-order valence-corrected chi connectivity index (χ3v) is 7.51. The number of aliphatic hydroxyl groups is 1. The van der Waals surface area contributed by atoms with Crippen molar-refractivity contribution in [2.24, 2.45) is 0 Å². The van der Waals surface area contributed by atoms with E-state index < -0.39 is 24.5 Å². The van der Waals surface area contributed by atoms with Gasteiger partial charge in [-0.05, 0) is 77.0 Å². The minimum Gasteiger partial charge on any atom is -0.480 e. The summed E-state index contributed by atoms with van der Waals surface area (Å²) in [6, 6.07) is -1.39. The fourth-order valence-electron chi connectivity index (χ4n) is 4.79. The standard InChI is InChI=1S/C39H64N2O7/c1-3-5-6-7-8-9-10-11-12-13-14-15-16-17-18-19-20-21-22-23-27-31-38(45)48-34(28-4-2)29-25-24-26-30-36(43)40-32-37(44)41-35(33-42)39(46)47/h5-6,8-9,11-12,14-15,17-18,34-35,42H,3-4,7,10,13,16,19-33H2,1-2H3,(H,40,43)(H,41,44)(H,46,47)/b6-5-,9-8-,12-11-,15-14-,18-17-. The molecule has 0 saturated carbocycles. The maximum absolute atomic E-state index is 12.4. The number of unbranched alkanes of at least 4 members (excludes halogenated alkanes) is 7. The predicted octanol–water partition coefficient (Wildman–Crippen LogP) is 7.81. The van der Waals surface area contributed by atoms with E-state index >= 15 is 0 Å². The lowest BCUT2D eigenvalue weighted by molar-refractivity contribution is -0.150. The average Bonchev–Trinajstić information content (AvgIpc) is 3.06. The van der Waals surface area contributed by atoms with E-state index in [1.165, 1.54) is 12.8 Å². The SMILES string of the molecule is CC/C=C\C/C=C\C/C=C\C/C=C\C/C=C\CCCCCCCC(=O)OC(CCC)CCCCCC(=O)NCC(=O)NC(CO)C(=O)O. The van der Waals surface area contributed by atoms with E-state index in [0.29, 0.717) is 12.8 Å². The molecule has 0 heterocycles. The first-order chi connectivity index (χ1) is 23.3. The fourth-order valence-corrected chi connectivity index (χ4v) is 4.79. The molecule has 2 unspecified atom stereocenters. The summed E-state index contributed by atoms with van der Waals surface area (Å²) in [5, 5.41) is 22.4. The van der Waals surface area contributed by atoms with Crippen molar-refractivity contribution in [3.63, 3.8) is 0 Å². The molecule has 272 valence electrons. The number of rotatable bonds is 31. The van der Waals surface area contributed by atoms with Crippen molar-refractivity contribution >= 4 is 23.8 Å². The van der Waals surface area contributed by atoms with E-state index in [9.17, 15) is 19.2 Å². The van der Waals surface area contributed by atoms with Gasteiger partial charge in [-0.1, -0.05) is 107 Å². The Labute approximate surface area is 290 Å². The van der Waals surface area contributed by atoms with Gasteiger partial charge in [0.2, 0.25) is 11.8 Å². The Bertz CT molecular complexity index is 1000. The van der Waals surface area contributed by atoms with Crippen LogP contribution in [0.2, 0.25) is 0 Å². The molecule has 0 bridgehead atoms. The third-order valence-electron chi connectivity index (χ3n) is 7.51. The highest BCUT2D eigenvalue weighted by Crippen LogP contribution is 2.15. The molecule has 9 nitrogen and oxygen atoms in total. The topological polar surface area (TPSA) is 142 Å². The number of hydrogen-bond donors (Lipinski definition) is 4. The number of ether oxygens (including phenoxy) is 1. The summed E-state index contributed by atoms with van der Waals surface area (Å²) < 4.78 is 5.74. The van der Waals surface area contributed by atoms with Crippen molar-refractivity contribution in [3.8, 4) is 0 Å². The number of amides is 2. The van der Waals surface area contributed by atoms with E-state index in [4.69, 9.17) is 14.9 Å². The third kappa shape index (κ3) is 29.9. The lowest BCUT2D eigenvalue weighted by atomic mass is 10.1. The molecule has 0 radical (unpaired) electrons. The van der Waals surface area contributed by atoms with Crippen LogP contribution in [-0.2, 0) is 23.9 Å². The summed E-state index contributed by atoms with van der Waals surface area (Å²) in [7, 11) is 0. The first kappa shape index (κ1) is 44.5. The van der Waals surface area contributed by atoms with Gasteiger partial charge in [-0.15, -0.1) is 0 Å². The number of allylic oxidation sites excluding steroid dienone is 10. The van der Waals surface area contributed by atoms with Crippen molar-refractivity contribution in [1.29, 1.82) is 0 Å². The molecular formula is C39H64N2O7. The Morgan fingerprint density at radius 1 is 0.646 bits per heavy atom. The molecule has 0 rings (SSSR count). The van der Waals surface area contributed by atoms with E-state index in [2.05, 4.69) is 85.2 Å². The first-order valence-corrected chi connectivity index (χ1v) is 18.2. The van der Waals surface area contributed by atoms with Crippen LogP contribution in [0.1, 0.15) is 136 Å². The van der Waals surface area contributed by atoms with Gasteiger partial charge in [-0.3, -0.25) is 14.4 Å². The largest absolute Gasteiger partial charge is 0.480 e. The molecule has 0 saturated heterocycles. The second kappa shape index (κ2) is 33.4. The Morgan fingerprint density at radius 3 is 1.77 bits per heavy atom. The summed E-state index contributed by atoms with van der Waals surface area (Å²) in [6.07, 6.45) is 39.0. The Hall–Kier alpha value is -3.46. The first-order valence-electron chi connectivity index (χ1n) is 18.2. The number of nitrogens with one attached hydrogen (secondary N) is 2. The second-order valence-corrected chi connectivity index (χ2v) is 11.9. The smallest absolute Gasteiger partial charge is 0.328 e. The van der Waals surface area contributed by atoms with Gasteiger partial charge in [-0.25, -0.2) is 4.79 Å². The number of esters is 1. The molecule has 48 heavy (non-hydrogen) atoms. The Balaban J connectivity index is 3.84. The number of carboxylic acid groups (broad SMARTS) is 1. The highest BCUT2D eigenvalue weighted by Gasteiger charge is 2.19. The molecule has 9 heteroatoms. The van der Waals surface area contributed by atoms with Crippen molar-refractivity contribution in [3.05, 3.63) is 60.8 Å². The van der Waals surface area contributed by atoms with Crippen LogP contribution in [0.3, 0.4) is 0 Å². The molecule has 2 atom stereocenters. The van der Waals surface area contributed by atoms with E-state index in [1.807, 2.05) is 0 Å². The summed E-state index contributed by atoms with van der Waals surface area (Å²) in [5.74, 6) is -2.45. The normalized spacial score (nSPS) is 13.2. The quantitative estimate of drug-likeness (QED) is 0.0334. The molecule has 0 aliphatic heterocycles. The van der Waals surface area contributed by atoms with Crippen LogP contribution >= 0.6 is 0 Å². The number of carboxylic acids is 1. The van der Waals surface area contributed by atoms with Gasteiger partial charge < -0.3 is 25.6 Å². The lowest BCUT2D eigenvalue weighted by Gasteiger charge is -2.17. The summed E-state index contributed by atoms with van der Waals surface area (Å²) in [6.45, 7) is 3.15. The minimum absolute atomic E-state index is 0.0998. The highest BCUT2D eigenvalue weighted by atomic mass is 16.5. The van der Waals surface area contributed by atoms with Crippen LogP contribution in [0.5, 0.6) is 0 Å². The van der Waals surface area contributed by atoms with E-state index in [1.54, 1.807) is 0 Å². The Morgan fingerprint density at radius 2 is 1.19 bits per heavy atom. The van der Waals surface area contributed by atoms with E-state index in [-0.39, 0.29) is 30.9 Å². The zero-order valence-electron chi connectivity index (χ0n) is 29.7. The summed E-state index contributed by atoms with van der Waals surface area (Å²) in [4.78, 5) is 46.9. The maximum Gasteiger partial charge on any atom is 0.328 e. The van der Waals surface area contributed by atoms with Gasteiger partial charge in [0.15, 0.2) is 0 Å². The van der Waals surface area contributed by atoms with Gasteiger partial charge in [0.1, 0.15) is 12.1 Å². The summed E-state index contributed by atoms with van der Waals surface area (Å²) in [5.41, 5.74) is 0. The fraction of sp³-hybridized carbons (Fsp3) is 0.641. The molecule has 0 aliphatic rings. The van der Waals surface area contributed by atoms with E-state index in [0.717, 1.165) is 89.9 Å². The molecule has 0 fully saturated rings. The predicted molar refractivity (Wildman–Crippen MR) is 194 cm³/mol. The molecule has 0 spiro atoms. The molecule has 0 aromatic heterocycles. The summed E-state index contributed by atoms with van der Waals surface area (Å²) >= 11 is 0. The van der Waals surface area contributed by atoms with Crippen LogP contribution in [0.25, 0.3) is 0 Å². The molecule has 0 aromatic carbocycles. The zero-order valence-corrected chi connectivity index (χ0v) is 29.7. The maximum atomic E-state index is 12.4. The number of aliphatic hydroxyl groups excluding tert-OH is 1. The number of carbonyl (C=O) groups is 4.